The third-order valence-electron chi connectivity index (χ3n) is 9.48. The van der Waals surface area contributed by atoms with E-state index in [9.17, 15) is 15.3 Å². The Morgan fingerprint density at radius 2 is 1.43 bits per heavy atom. The molecule has 2 heterocycles. The number of rotatable bonds is 19. The first-order valence-corrected chi connectivity index (χ1v) is 17.4. The van der Waals surface area contributed by atoms with Gasteiger partial charge in [0.15, 0.2) is 18.7 Å². The summed E-state index contributed by atoms with van der Waals surface area (Å²) < 4.78 is 12.9. The fourth-order valence-electron chi connectivity index (χ4n) is 6.52. The predicted molar refractivity (Wildman–Crippen MR) is 183 cm³/mol. The molecular formula is C38H53N3O5. The Kier molecular flexibility index (Phi) is 13.8. The van der Waals surface area contributed by atoms with Crippen LogP contribution in [-0.2, 0) is 35.4 Å². The lowest BCUT2D eigenvalue weighted by atomic mass is 9.89. The normalized spacial score (nSPS) is 14.8. The highest BCUT2D eigenvalue weighted by atomic mass is 16.7. The Morgan fingerprint density at radius 3 is 2.02 bits per heavy atom. The first kappa shape index (κ1) is 35.4. The topological polar surface area (TPSA) is 91.8 Å². The van der Waals surface area contributed by atoms with Crippen LogP contribution in [0.4, 0.5) is 11.4 Å². The van der Waals surface area contributed by atoms with E-state index in [0.29, 0.717) is 38.1 Å². The van der Waals surface area contributed by atoms with Crippen molar-refractivity contribution >= 4 is 11.4 Å². The molecule has 1 aromatic heterocycles. The lowest BCUT2D eigenvalue weighted by Gasteiger charge is -2.29. The van der Waals surface area contributed by atoms with Gasteiger partial charge in [-0.05, 0) is 59.1 Å². The van der Waals surface area contributed by atoms with Gasteiger partial charge >= 0.3 is 0 Å². The molecule has 2 atom stereocenters. The van der Waals surface area contributed by atoms with Gasteiger partial charge in [0, 0.05) is 48.6 Å². The second-order valence-electron chi connectivity index (χ2n) is 12.8. The van der Waals surface area contributed by atoms with E-state index >= 15 is 0 Å². The number of nitro groups is 1. The number of hydrogen-bond donors (Lipinski definition) is 0. The smallest absolute Gasteiger partial charge is 0.269 e. The van der Waals surface area contributed by atoms with Gasteiger partial charge in [0.05, 0.1) is 18.1 Å². The Bertz CT molecular complexity index is 1370. The number of ether oxygens (including phenoxy) is 2. The molecule has 3 aromatic rings. The Labute approximate surface area is 275 Å². The van der Waals surface area contributed by atoms with Crippen molar-refractivity contribution in [3.8, 4) is 0 Å². The molecule has 1 saturated heterocycles. The number of hydrogen-bond acceptors (Lipinski definition) is 6. The zero-order chi connectivity index (χ0) is 32.9. The summed E-state index contributed by atoms with van der Waals surface area (Å²) >= 11 is 0. The number of nitrogens with zero attached hydrogens (tertiary/aromatic N) is 3. The minimum absolute atomic E-state index is 0.105. The number of nitro benzene ring substituents is 1. The molecule has 8 nitrogen and oxygen atoms in total. The van der Waals surface area contributed by atoms with Gasteiger partial charge in [0.1, 0.15) is 0 Å². The van der Waals surface area contributed by atoms with Gasteiger partial charge in [0.2, 0.25) is 0 Å². The van der Waals surface area contributed by atoms with Crippen LogP contribution in [0, 0.1) is 27.2 Å². The zero-order valence-corrected chi connectivity index (χ0v) is 28.3. The van der Waals surface area contributed by atoms with Crippen molar-refractivity contribution in [2.24, 2.45) is 11.8 Å². The molecule has 46 heavy (non-hydrogen) atoms. The van der Waals surface area contributed by atoms with Crippen molar-refractivity contribution in [2.75, 3.05) is 18.1 Å². The standard InChI is InChI=1S/C38H53N3O5/c1-5-9-11-29(7-3)23-32-13-16-36(41(43)44)25-34(32)28-39(27-31-17-19-40(42)20-18-31)35-15-14-33(24-30(8-4)12-10-6-2)37(26-35)38-45-21-22-46-38/h13-20,25-26,29-30,38H,5-12,21-24,27-28H2,1-4H3. The van der Waals surface area contributed by atoms with Crippen LogP contribution in [-0.4, -0.2) is 18.1 Å². The van der Waals surface area contributed by atoms with E-state index in [0.717, 1.165) is 71.2 Å². The molecule has 0 N–H and O–H groups in total. The van der Waals surface area contributed by atoms with E-state index in [4.69, 9.17) is 9.47 Å². The van der Waals surface area contributed by atoms with Crippen molar-refractivity contribution in [3.63, 3.8) is 0 Å². The maximum absolute atomic E-state index is 11.9. The summed E-state index contributed by atoms with van der Waals surface area (Å²) in [5.74, 6) is 1.12. The average molecular weight is 632 g/mol. The summed E-state index contributed by atoms with van der Waals surface area (Å²) in [4.78, 5) is 13.9. The van der Waals surface area contributed by atoms with E-state index in [1.165, 1.54) is 43.6 Å². The second kappa shape index (κ2) is 18.0. The van der Waals surface area contributed by atoms with Crippen molar-refractivity contribution < 1.29 is 19.1 Å². The quantitative estimate of drug-likeness (QED) is 0.0567. The van der Waals surface area contributed by atoms with Gasteiger partial charge in [-0.1, -0.05) is 91.2 Å². The Morgan fingerprint density at radius 1 is 0.826 bits per heavy atom. The minimum Gasteiger partial charge on any atom is -0.619 e. The van der Waals surface area contributed by atoms with Gasteiger partial charge in [-0.25, -0.2) is 0 Å². The van der Waals surface area contributed by atoms with E-state index < -0.39 is 6.29 Å². The molecule has 2 aromatic carbocycles. The molecule has 1 aliphatic rings. The molecular weight excluding hydrogens is 578 g/mol. The van der Waals surface area contributed by atoms with Crippen molar-refractivity contribution in [1.82, 2.24) is 0 Å². The number of aromatic nitrogens is 1. The minimum atomic E-state index is -0.408. The molecule has 2 unspecified atom stereocenters. The van der Waals surface area contributed by atoms with Crippen molar-refractivity contribution in [2.45, 2.75) is 111 Å². The lowest BCUT2D eigenvalue weighted by Crippen LogP contribution is -2.27. The molecule has 0 amide bonds. The maximum atomic E-state index is 11.9. The van der Waals surface area contributed by atoms with Crippen LogP contribution in [0.3, 0.4) is 0 Å². The highest BCUT2D eigenvalue weighted by Crippen LogP contribution is 2.35. The van der Waals surface area contributed by atoms with E-state index in [-0.39, 0.29) is 10.6 Å². The highest BCUT2D eigenvalue weighted by Gasteiger charge is 2.25. The van der Waals surface area contributed by atoms with Gasteiger partial charge in [-0.15, -0.1) is 0 Å². The summed E-state index contributed by atoms with van der Waals surface area (Å²) in [5.41, 5.74) is 6.52. The Hall–Kier alpha value is -3.49. The number of benzene rings is 2. The summed E-state index contributed by atoms with van der Waals surface area (Å²) in [5, 5.41) is 23.7. The first-order chi connectivity index (χ1) is 22.3. The fourth-order valence-corrected chi connectivity index (χ4v) is 6.52. The largest absolute Gasteiger partial charge is 0.619 e. The third-order valence-corrected chi connectivity index (χ3v) is 9.48. The van der Waals surface area contributed by atoms with Crippen LogP contribution in [0.15, 0.2) is 60.9 Å². The van der Waals surface area contributed by atoms with Crippen LogP contribution >= 0.6 is 0 Å². The van der Waals surface area contributed by atoms with Gasteiger partial charge < -0.3 is 19.6 Å². The molecule has 250 valence electrons. The van der Waals surface area contributed by atoms with Gasteiger partial charge in [-0.3, -0.25) is 10.1 Å². The van der Waals surface area contributed by atoms with Gasteiger partial charge in [0.25, 0.3) is 5.69 Å². The van der Waals surface area contributed by atoms with E-state index in [2.05, 4.69) is 50.8 Å². The molecule has 0 saturated carbocycles. The fraction of sp³-hybridized carbons (Fsp3) is 0.553. The first-order valence-electron chi connectivity index (χ1n) is 17.4. The number of anilines is 1. The van der Waals surface area contributed by atoms with E-state index in [1.54, 1.807) is 12.1 Å². The number of unbranched alkanes of at least 4 members (excludes halogenated alkanes) is 2. The predicted octanol–water partition coefficient (Wildman–Crippen LogP) is 9.00. The summed E-state index contributed by atoms with van der Waals surface area (Å²) in [6.45, 7) is 11.1. The third kappa shape index (κ3) is 10.0. The maximum Gasteiger partial charge on any atom is 0.269 e. The van der Waals surface area contributed by atoms with Crippen molar-refractivity contribution in [3.05, 3.63) is 104 Å². The molecule has 1 fully saturated rings. The molecule has 0 spiro atoms. The molecule has 4 rings (SSSR count). The molecule has 1 aliphatic heterocycles. The van der Waals surface area contributed by atoms with Crippen LogP contribution in [0.1, 0.15) is 113 Å². The SMILES string of the molecule is CCCCC(CC)Cc1ccc([N+](=O)[O-])cc1CN(Cc1cc[n+]([O-])cc1)c1ccc(CC(CC)CCCC)c(C2OCCO2)c1. The summed E-state index contributed by atoms with van der Waals surface area (Å²) in [6.07, 6.45) is 13.8. The van der Waals surface area contributed by atoms with Gasteiger partial charge in [-0.2, -0.15) is 4.73 Å². The zero-order valence-electron chi connectivity index (χ0n) is 28.3. The lowest BCUT2D eigenvalue weighted by molar-refractivity contribution is -0.605. The van der Waals surface area contributed by atoms with Crippen LogP contribution in [0.2, 0.25) is 0 Å². The summed E-state index contributed by atoms with van der Waals surface area (Å²) in [6, 6.07) is 15.6. The van der Waals surface area contributed by atoms with Crippen LogP contribution < -0.4 is 9.63 Å². The number of pyridine rings is 1. The molecule has 0 bridgehead atoms. The van der Waals surface area contributed by atoms with Crippen molar-refractivity contribution in [1.29, 1.82) is 0 Å². The molecule has 0 radical (unpaired) electrons. The monoisotopic (exact) mass is 631 g/mol. The number of non-ortho nitro benzene ring substituents is 1. The Balaban J connectivity index is 1.75. The average Bonchev–Trinajstić information content (AvgIpc) is 3.61. The summed E-state index contributed by atoms with van der Waals surface area (Å²) in [7, 11) is 0. The van der Waals surface area contributed by atoms with E-state index in [1.807, 2.05) is 18.2 Å². The second-order valence-corrected chi connectivity index (χ2v) is 12.8. The molecule has 0 aliphatic carbocycles. The van der Waals surface area contributed by atoms with Crippen LogP contribution in [0.25, 0.3) is 0 Å². The highest BCUT2D eigenvalue weighted by molar-refractivity contribution is 5.54. The van der Waals surface area contributed by atoms with Crippen LogP contribution in [0.5, 0.6) is 0 Å². The molecule has 8 heteroatoms.